The molecule has 7 nitrogen and oxygen atoms in total. The highest BCUT2D eigenvalue weighted by molar-refractivity contribution is 7.89. The van der Waals surface area contributed by atoms with Crippen molar-refractivity contribution in [1.82, 2.24) is 19.2 Å². The van der Waals surface area contributed by atoms with Gasteiger partial charge in [-0.2, -0.15) is 4.31 Å². The Balaban J connectivity index is 1.78. The summed E-state index contributed by atoms with van der Waals surface area (Å²) in [5.41, 5.74) is 0.881. The Morgan fingerprint density at radius 2 is 1.96 bits per heavy atom. The average Bonchev–Trinajstić information content (AvgIpc) is 3.24. The molecular formula is C16H20N4O3S. The maximum atomic E-state index is 12.8. The van der Waals surface area contributed by atoms with Crippen LogP contribution in [0.25, 0.3) is 0 Å². The summed E-state index contributed by atoms with van der Waals surface area (Å²) in [5.74, 6) is -0.330. The number of hydrogen-bond donors (Lipinski definition) is 1. The molecule has 1 aliphatic heterocycles. The van der Waals surface area contributed by atoms with Gasteiger partial charge in [0.25, 0.3) is 5.91 Å². The molecule has 0 radical (unpaired) electrons. The van der Waals surface area contributed by atoms with Crippen LogP contribution in [0.15, 0.2) is 41.7 Å². The zero-order valence-corrected chi connectivity index (χ0v) is 14.3. The van der Waals surface area contributed by atoms with Crippen LogP contribution >= 0.6 is 0 Å². The van der Waals surface area contributed by atoms with Crippen molar-refractivity contribution in [2.45, 2.75) is 24.3 Å². The molecule has 1 amide bonds. The lowest BCUT2D eigenvalue weighted by Crippen LogP contribution is -2.30. The van der Waals surface area contributed by atoms with Gasteiger partial charge in [-0.05, 0) is 24.5 Å². The van der Waals surface area contributed by atoms with Crippen LogP contribution in [0.5, 0.6) is 0 Å². The molecule has 0 atom stereocenters. The summed E-state index contributed by atoms with van der Waals surface area (Å²) < 4.78 is 28.7. The molecule has 2 heterocycles. The molecule has 1 fully saturated rings. The first-order valence-corrected chi connectivity index (χ1v) is 9.27. The summed E-state index contributed by atoms with van der Waals surface area (Å²) >= 11 is 0. The largest absolute Gasteiger partial charge is 0.347 e. The first kappa shape index (κ1) is 16.7. The van der Waals surface area contributed by atoms with E-state index in [2.05, 4.69) is 10.3 Å². The van der Waals surface area contributed by atoms with Crippen LogP contribution in [0.1, 0.15) is 28.9 Å². The maximum Gasteiger partial charge on any atom is 0.271 e. The van der Waals surface area contributed by atoms with Crippen LogP contribution < -0.4 is 5.32 Å². The molecule has 128 valence electrons. The maximum absolute atomic E-state index is 12.8. The van der Waals surface area contributed by atoms with Gasteiger partial charge in [0, 0.05) is 32.9 Å². The number of carbonyl (C=O) groups is 1. The van der Waals surface area contributed by atoms with Crippen molar-refractivity contribution in [3.63, 3.8) is 0 Å². The quantitative estimate of drug-likeness (QED) is 0.878. The van der Waals surface area contributed by atoms with Gasteiger partial charge in [-0.25, -0.2) is 13.4 Å². The molecule has 1 aromatic carbocycles. The molecule has 2 aromatic rings. The zero-order valence-electron chi connectivity index (χ0n) is 13.5. The minimum absolute atomic E-state index is 0.138. The van der Waals surface area contributed by atoms with E-state index in [4.69, 9.17) is 0 Å². The minimum Gasteiger partial charge on any atom is -0.347 e. The molecule has 0 aliphatic carbocycles. The molecule has 0 unspecified atom stereocenters. The molecule has 1 saturated heterocycles. The Morgan fingerprint density at radius 1 is 1.25 bits per heavy atom. The summed E-state index contributed by atoms with van der Waals surface area (Å²) in [7, 11) is -1.74. The number of carbonyl (C=O) groups excluding carboxylic acids is 1. The molecule has 1 N–H and O–H groups in total. The number of aromatic nitrogens is 2. The van der Waals surface area contributed by atoms with Crippen LogP contribution in [0.4, 0.5) is 0 Å². The van der Waals surface area contributed by atoms with E-state index >= 15 is 0 Å². The third-order valence-electron chi connectivity index (χ3n) is 4.03. The first-order chi connectivity index (χ1) is 11.5. The van der Waals surface area contributed by atoms with E-state index in [1.807, 2.05) is 0 Å². The van der Waals surface area contributed by atoms with E-state index in [-0.39, 0.29) is 17.3 Å². The Hall–Kier alpha value is -2.19. The molecular weight excluding hydrogens is 328 g/mol. The van der Waals surface area contributed by atoms with Crippen LogP contribution in [0.3, 0.4) is 0 Å². The second-order valence-electron chi connectivity index (χ2n) is 5.83. The van der Waals surface area contributed by atoms with E-state index in [1.165, 1.54) is 4.31 Å². The van der Waals surface area contributed by atoms with Crippen molar-refractivity contribution in [2.75, 3.05) is 13.1 Å². The Kier molecular flexibility index (Phi) is 4.68. The van der Waals surface area contributed by atoms with E-state index in [0.29, 0.717) is 24.3 Å². The van der Waals surface area contributed by atoms with Crippen molar-refractivity contribution in [2.24, 2.45) is 7.05 Å². The van der Waals surface area contributed by atoms with Crippen molar-refractivity contribution < 1.29 is 13.2 Å². The second kappa shape index (κ2) is 6.74. The van der Waals surface area contributed by atoms with Gasteiger partial charge in [0.1, 0.15) is 5.69 Å². The molecule has 0 spiro atoms. The highest BCUT2D eigenvalue weighted by Gasteiger charge is 2.29. The van der Waals surface area contributed by atoms with E-state index in [0.717, 1.165) is 12.8 Å². The van der Waals surface area contributed by atoms with Gasteiger partial charge in [-0.1, -0.05) is 18.2 Å². The lowest BCUT2D eigenvalue weighted by Gasteiger charge is -2.18. The smallest absolute Gasteiger partial charge is 0.271 e. The fraction of sp³-hybridized carbons (Fsp3) is 0.375. The van der Waals surface area contributed by atoms with Gasteiger partial charge in [-0.15, -0.1) is 0 Å². The molecule has 0 saturated carbocycles. The van der Waals surface area contributed by atoms with Gasteiger partial charge < -0.3 is 9.88 Å². The van der Waals surface area contributed by atoms with Gasteiger partial charge in [-0.3, -0.25) is 4.79 Å². The van der Waals surface area contributed by atoms with E-state index in [1.54, 1.807) is 48.4 Å². The van der Waals surface area contributed by atoms with Crippen LogP contribution in [0, 0.1) is 0 Å². The average molecular weight is 348 g/mol. The lowest BCUT2D eigenvalue weighted by molar-refractivity contribution is 0.0946. The summed E-state index contributed by atoms with van der Waals surface area (Å²) in [5, 5.41) is 2.73. The normalized spacial score (nSPS) is 15.5. The molecule has 3 rings (SSSR count). The topological polar surface area (TPSA) is 84.3 Å². The van der Waals surface area contributed by atoms with Crippen LogP contribution in [-0.4, -0.2) is 41.3 Å². The third-order valence-corrected chi connectivity index (χ3v) is 6.03. The minimum atomic E-state index is -3.52. The third kappa shape index (κ3) is 3.34. The zero-order chi connectivity index (χ0) is 17.2. The summed E-state index contributed by atoms with van der Waals surface area (Å²) in [6, 6.07) is 6.79. The van der Waals surface area contributed by atoms with Gasteiger partial charge in [0.2, 0.25) is 10.0 Å². The van der Waals surface area contributed by atoms with Gasteiger partial charge in [0.05, 0.1) is 11.2 Å². The first-order valence-electron chi connectivity index (χ1n) is 7.83. The standard InChI is InChI=1S/C16H20N4O3S/c1-19-11-14(18-12-19)16(21)17-10-13-6-2-3-7-15(13)24(22,23)20-8-4-5-9-20/h2-3,6-7,11-12H,4-5,8-10H2,1H3,(H,17,21). The Labute approximate surface area is 141 Å². The number of amides is 1. The number of rotatable bonds is 5. The molecule has 1 aliphatic rings. The van der Waals surface area contributed by atoms with Gasteiger partial charge in [0.15, 0.2) is 0 Å². The molecule has 24 heavy (non-hydrogen) atoms. The van der Waals surface area contributed by atoms with Crippen LogP contribution in [-0.2, 0) is 23.6 Å². The second-order valence-corrected chi connectivity index (χ2v) is 7.73. The number of benzene rings is 1. The summed E-state index contributed by atoms with van der Waals surface area (Å²) in [6.45, 7) is 1.24. The van der Waals surface area contributed by atoms with Crippen molar-refractivity contribution in [1.29, 1.82) is 0 Å². The van der Waals surface area contributed by atoms with Crippen molar-refractivity contribution in [3.05, 3.63) is 48.0 Å². The summed E-state index contributed by atoms with van der Waals surface area (Å²) in [4.78, 5) is 16.3. The fourth-order valence-electron chi connectivity index (χ4n) is 2.77. The summed E-state index contributed by atoms with van der Waals surface area (Å²) in [6.07, 6.45) is 4.93. The van der Waals surface area contributed by atoms with E-state index in [9.17, 15) is 13.2 Å². The predicted octanol–water partition coefficient (Wildman–Crippen LogP) is 1.13. The van der Waals surface area contributed by atoms with Crippen LogP contribution in [0.2, 0.25) is 0 Å². The molecule has 0 bridgehead atoms. The number of nitrogens with zero attached hydrogens (tertiary/aromatic N) is 3. The van der Waals surface area contributed by atoms with Crippen molar-refractivity contribution in [3.8, 4) is 0 Å². The fourth-order valence-corrected chi connectivity index (χ4v) is 4.50. The highest BCUT2D eigenvalue weighted by atomic mass is 32.2. The monoisotopic (exact) mass is 348 g/mol. The van der Waals surface area contributed by atoms with Gasteiger partial charge >= 0.3 is 0 Å². The number of sulfonamides is 1. The predicted molar refractivity (Wildman–Crippen MR) is 88.8 cm³/mol. The lowest BCUT2D eigenvalue weighted by atomic mass is 10.2. The number of hydrogen-bond acceptors (Lipinski definition) is 4. The highest BCUT2D eigenvalue weighted by Crippen LogP contribution is 2.23. The van der Waals surface area contributed by atoms with Crippen molar-refractivity contribution >= 4 is 15.9 Å². The Bertz CT molecular complexity index is 839. The molecule has 1 aromatic heterocycles. The number of nitrogens with one attached hydrogen (secondary N) is 1. The van der Waals surface area contributed by atoms with E-state index < -0.39 is 10.0 Å². The molecule has 8 heteroatoms. The number of aryl methyl sites for hydroxylation is 1. The Morgan fingerprint density at radius 3 is 2.62 bits per heavy atom. The number of imidazole rings is 1. The SMILES string of the molecule is Cn1cnc(C(=O)NCc2ccccc2S(=O)(=O)N2CCCC2)c1.